The summed E-state index contributed by atoms with van der Waals surface area (Å²) in [5.41, 5.74) is 2.14. The highest BCUT2D eigenvalue weighted by Gasteiger charge is 1.98. The normalized spacial score (nSPS) is 10.4. The summed E-state index contributed by atoms with van der Waals surface area (Å²) in [4.78, 5) is 19.8. The Bertz CT molecular complexity index is 331. The first-order chi connectivity index (χ1) is 4.90. The predicted molar refractivity (Wildman–Crippen MR) is 35.8 cm³/mol. The number of hydrogen-bond acceptors (Lipinski definition) is 2. The standard InChI is InChI=1S/C6H5N3O/c10-2-4-1-5-6(9-4)8-3-7-5/h1-3,9H,(H,7,8). The highest BCUT2D eigenvalue weighted by atomic mass is 16.1. The maximum absolute atomic E-state index is 10.2. The van der Waals surface area contributed by atoms with Crippen molar-refractivity contribution in [3.05, 3.63) is 18.1 Å². The molecule has 0 spiro atoms. The molecule has 0 bridgehead atoms. The van der Waals surface area contributed by atoms with Crippen LogP contribution in [0.15, 0.2) is 12.4 Å². The molecule has 0 aromatic carbocycles. The summed E-state index contributed by atoms with van der Waals surface area (Å²) in [7, 11) is 0. The van der Waals surface area contributed by atoms with E-state index in [1.807, 2.05) is 0 Å². The van der Waals surface area contributed by atoms with Crippen LogP contribution < -0.4 is 0 Å². The third-order valence-electron chi connectivity index (χ3n) is 1.36. The zero-order valence-electron chi connectivity index (χ0n) is 5.09. The number of carbonyl (C=O) groups excluding carboxylic acids is 1. The van der Waals surface area contributed by atoms with Gasteiger partial charge in [-0.15, -0.1) is 0 Å². The van der Waals surface area contributed by atoms with Crippen molar-refractivity contribution >= 4 is 17.5 Å². The van der Waals surface area contributed by atoms with Gasteiger partial charge in [0.1, 0.15) is 0 Å². The molecule has 2 heterocycles. The molecular formula is C6H5N3O. The second kappa shape index (κ2) is 1.70. The third kappa shape index (κ3) is 0.556. The molecule has 4 heteroatoms. The molecule has 0 saturated carbocycles. The topological polar surface area (TPSA) is 61.5 Å². The van der Waals surface area contributed by atoms with Crippen molar-refractivity contribution in [2.45, 2.75) is 0 Å². The van der Waals surface area contributed by atoms with Crippen molar-refractivity contribution in [1.82, 2.24) is 15.0 Å². The van der Waals surface area contributed by atoms with E-state index < -0.39 is 0 Å². The van der Waals surface area contributed by atoms with Crippen LogP contribution in [0.2, 0.25) is 0 Å². The van der Waals surface area contributed by atoms with Gasteiger partial charge in [0, 0.05) is 0 Å². The number of H-pyrrole nitrogens is 2. The molecule has 0 radical (unpaired) electrons. The number of hydrogen-bond donors (Lipinski definition) is 2. The zero-order chi connectivity index (χ0) is 6.97. The lowest BCUT2D eigenvalue weighted by Crippen LogP contribution is -1.75. The number of aromatic amines is 2. The summed E-state index contributed by atoms with van der Waals surface area (Å²) in [6, 6.07) is 1.72. The minimum Gasteiger partial charge on any atom is -0.343 e. The second-order valence-corrected chi connectivity index (χ2v) is 2.01. The molecule has 2 aromatic rings. The quantitative estimate of drug-likeness (QED) is 0.565. The van der Waals surface area contributed by atoms with Gasteiger partial charge in [-0.1, -0.05) is 0 Å². The molecule has 0 fully saturated rings. The minimum atomic E-state index is 0.550. The molecule has 10 heavy (non-hydrogen) atoms. The van der Waals surface area contributed by atoms with Gasteiger partial charge >= 0.3 is 0 Å². The Morgan fingerprint density at radius 3 is 3.20 bits per heavy atom. The van der Waals surface area contributed by atoms with E-state index in [2.05, 4.69) is 15.0 Å². The van der Waals surface area contributed by atoms with Gasteiger partial charge in [0.15, 0.2) is 11.9 Å². The largest absolute Gasteiger partial charge is 0.343 e. The maximum atomic E-state index is 10.2. The molecule has 2 aromatic heterocycles. The van der Waals surface area contributed by atoms with Crippen LogP contribution in [0.3, 0.4) is 0 Å². The van der Waals surface area contributed by atoms with Gasteiger partial charge in [-0.3, -0.25) is 4.79 Å². The lowest BCUT2D eigenvalue weighted by Gasteiger charge is -1.73. The number of nitrogens with one attached hydrogen (secondary N) is 2. The summed E-state index contributed by atoms with van der Waals surface area (Å²) >= 11 is 0. The van der Waals surface area contributed by atoms with Crippen molar-refractivity contribution in [2.24, 2.45) is 0 Å². The Morgan fingerprint density at radius 1 is 1.60 bits per heavy atom. The van der Waals surface area contributed by atoms with Gasteiger partial charge in [0.05, 0.1) is 17.5 Å². The van der Waals surface area contributed by atoms with Crippen LogP contribution in [0.5, 0.6) is 0 Å². The molecule has 2 N–H and O–H groups in total. The number of nitrogens with zero attached hydrogens (tertiary/aromatic N) is 1. The Balaban J connectivity index is 2.78. The zero-order valence-corrected chi connectivity index (χ0v) is 5.09. The van der Waals surface area contributed by atoms with Gasteiger partial charge in [-0.25, -0.2) is 4.98 Å². The second-order valence-electron chi connectivity index (χ2n) is 2.01. The average Bonchev–Trinajstić information content (AvgIpc) is 2.42. The van der Waals surface area contributed by atoms with Crippen molar-refractivity contribution in [3.63, 3.8) is 0 Å². The van der Waals surface area contributed by atoms with Gasteiger partial charge in [0.2, 0.25) is 0 Å². The Hall–Kier alpha value is -1.58. The van der Waals surface area contributed by atoms with E-state index in [-0.39, 0.29) is 0 Å². The van der Waals surface area contributed by atoms with Gasteiger partial charge in [-0.2, -0.15) is 0 Å². The molecule has 2 rings (SSSR count). The van der Waals surface area contributed by atoms with Crippen molar-refractivity contribution in [2.75, 3.05) is 0 Å². The van der Waals surface area contributed by atoms with Gasteiger partial charge in [-0.05, 0) is 6.07 Å². The van der Waals surface area contributed by atoms with E-state index >= 15 is 0 Å². The molecule has 0 aliphatic carbocycles. The fourth-order valence-corrected chi connectivity index (χ4v) is 0.906. The lowest BCUT2D eigenvalue weighted by atomic mass is 10.5. The Morgan fingerprint density at radius 2 is 2.50 bits per heavy atom. The molecule has 0 aliphatic heterocycles. The lowest BCUT2D eigenvalue weighted by molar-refractivity contribution is 0.111. The number of carbonyl (C=O) groups is 1. The Kier molecular flexibility index (Phi) is 0.887. The summed E-state index contributed by atoms with van der Waals surface area (Å²) in [6.45, 7) is 0. The molecule has 0 unspecified atom stereocenters. The highest BCUT2D eigenvalue weighted by Crippen LogP contribution is 2.07. The molecule has 0 amide bonds. The van der Waals surface area contributed by atoms with Crippen LogP contribution in [-0.4, -0.2) is 21.2 Å². The monoisotopic (exact) mass is 135 g/mol. The van der Waals surface area contributed by atoms with E-state index in [1.165, 1.54) is 0 Å². The SMILES string of the molecule is O=Cc1cc2[nH]cnc2[nH]1. The molecule has 4 nitrogen and oxygen atoms in total. The smallest absolute Gasteiger partial charge is 0.166 e. The number of aromatic nitrogens is 3. The van der Waals surface area contributed by atoms with Crippen LogP contribution in [0.1, 0.15) is 10.5 Å². The third-order valence-corrected chi connectivity index (χ3v) is 1.36. The number of fused-ring (bicyclic) bond motifs is 1. The van der Waals surface area contributed by atoms with Gasteiger partial charge < -0.3 is 9.97 Å². The van der Waals surface area contributed by atoms with E-state index in [1.54, 1.807) is 12.4 Å². The Labute approximate surface area is 56.3 Å². The summed E-state index contributed by atoms with van der Waals surface area (Å²) in [6.07, 6.45) is 2.34. The van der Waals surface area contributed by atoms with Crippen LogP contribution in [0, 0.1) is 0 Å². The van der Waals surface area contributed by atoms with Crippen molar-refractivity contribution in [3.8, 4) is 0 Å². The number of aldehydes is 1. The van der Waals surface area contributed by atoms with Crippen molar-refractivity contribution in [1.29, 1.82) is 0 Å². The van der Waals surface area contributed by atoms with Crippen LogP contribution in [0.4, 0.5) is 0 Å². The first-order valence-electron chi connectivity index (χ1n) is 2.87. The fraction of sp³-hybridized carbons (Fsp3) is 0. The molecule has 0 saturated heterocycles. The van der Waals surface area contributed by atoms with Crippen LogP contribution in [0.25, 0.3) is 11.2 Å². The van der Waals surface area contributed by atoms with E-state index in [4.69, 9.17) is 0 Å². The number of rotatable bonds is 1. The first kappa shape index (κ1) is 5.22. The highest BCUT2D eigenvalue weighted by molar-refractivity contribution is 5.83. The average molecular weight is 135 g/mol. The molecule has 50 valence electrons. The van der Waals surface area contributed by atoms with E-state index in [9.17, 15) is 4.79 Å². The molecule has 0 atom stereocenters. The molecule has 0 aliphatic rings. The van der Waals surface area contributed by atoms with Crippen molar-refractivity contribution < 1.29 is 4.79 Å². The first-order valence-corrected chi connectivity index (χ1v) is 2.87. The van der Waals surface area contributed by atoms with E-state index in [0.717, 1.165) is 17.5 Å². The predicted octanol–water partition coefficient (Wildman–Crippen LogP) is 0.703. The fourth-order valence-electron chi connectivity index (χ4n) is 0.906. The number of imidazole rings is 1. The summed E-state index contributed by atoms with van der Waals surface area (Å²) in [5, 5.41) is 0. The summed E-state index contributed by atoms with van der Waals surface area (Å²) in [5.74, 6) is 0. The summed E-state index contributed by atoms with van der Waals surface area (Å²) < 4.78 is 0. The maximum Gasteiger partial charge on any atom is 0.166 e. The van der Waals surface area contributed by atoms with Crippen LogP contribution in [-0.2, 0) is 0 Å². The minimum absolute atomic E-state index is 0.550. The molecular weight excluding hydrogens is 130 g/mol. The van der Waals surface area contributed by atoms with E-state index in [0.29, 0.717) is 5.69 Å². The van der Waals surface area contributed by atoms with Crippen LogP contribution >= 0.6 is 0 Å². The van der Waals surface area contributed by atoms with Gasteiger partial charge in [0.25, 0.3) is 0 Å².